The number of carbonyl (C=O) groups excluding carboxylic acids is 2. The molecule has 0 radical (unpaired) electrons. The Bertz CT molecular complexity index is 1480. The van der Waals surface area contributed by atoms with Gasteiger partial charge in [0.15, 0.2) is 0 Å². The second-order valence-electron chi connectivity index (χ2n) is 11.3. The van der Waals surface area contributed by atoms with Crippen LogP contribution in [0.25, 0.3) is 0 Å². The smallest absolute Gasteiger partial charge is 0.247 e. The normalized spacial score (nSPS) is 17.7. The summed E-state index contributed by atoms with van der Waals surface area (Å²) in [5.74, 6) is 0.261. The van der Waals surface area contributed by atoms with Gasteiger partial charge in [-0.05, 0) is 73.1 Å². The van der Waals surface area contributed by atoms with E-state index < -0.39 is 16.1 Å². The minimum absolute atomic E-state index is 0.0293. The number of methoxy groups -OCH3 is 1. The Morgan fingerprint density at radius 2 is 1.64 bits per heavy atom. The highest BCUT2D eigenvalue weighted by Crippen LogP contribution is 2.27. The van der Waals surface area contributed by atoms with Crippen LogP contribution < -0.4 is 10.1 Å². The van der Waals surface area contributed by atoms with Crippen molar-refractivity contribution in [2.75, 3.05) is 33.4 Å². The highest BCUT2D eigenvalue weighted by molar-refractivity contribution is 7.89. The van der Waals surface area contributed by atoms with Crippen molar-refractivity contribution in [1.82, 2.24) is 14.5 Å². The van der Waals surface area contributed by atoms with E-state index in [4.69, 9.17) is 9.47 Å². The zero-order valence-electron chi connectivity index (χ0n) is 25.2. The van der Waals surface area contributed by atoms with Gasteiger partial charge in [0.05, 0.1) is 18.1 Å². The van der Waals surface area contributed by atoms with Crippen molar-refractivity contribution >= 4 is 21.8 Å². The Morgan fingerprint density at radius 1 is 0.955 bits per heavy atom. The lowest BCUT2D eigenvalue weighted by molar-refractivity contribution is -0.141. The van der Waals surface area contributed by atoms with Gasteiger partial charge in [0, 0.05) is 39.2 Å². The third-order valence-corrected chi connectivity index (χ3v) is 10.2. The number of hydrogen-bond acceptors (Lipinski definition) is 6. The van der Waals surface area contributed by atoms with E-state index >= 15 is 0 Å². The first-order valence-corrected chi connectivity index (χ1v) is 16.7. The molecule has 2 aliphatic rings. The maximum absolute atomic E-state index is 14.0. The number of nitrogens with zero attached hydrogens (tertiary/aromatic N) is 2. The second-order valence-corrected chi connectivity index (χ2v) is 13.3. The van der Waals surface area contributed by atoms with E-state index in [0.29, 0.717) is 38.4 Å². The molecule has 3 aromatic carbocycles. The summed E-state index contributed by atoms with van der Waals surface area (Å²) >= 11 is 0. The lowest BCUT2D eigenvalue weighted by Gasteiger charge is -2.32. The molecule has 2 saturated heterocycles. The van der Waals surface area contributed by atoms with E-state index in [1.54, 1.807) is 36.3 Å². The van der Waals surface area contributed by atoms with Gasteiger partial charge in [0.1, 0.15) is 11.8 Å². The van der Waals surface area contributed by atoms with Crippen molar-refractivity contribution in [3.05, 3.63) is 95.6 Å². The molecule has 9 nitrogen and oxygen atoms in total. The molecule has 0 bridgehead atoms. The second kappa shape index (κ2) is 14.8. The molecule has 10 heteroatoms. The fourth-order valence-electron chi connectivity index (χ4n) is 5.78. The first kappa shape index (κ1) is 31.7. The topological polar surface area (TPSA) is 105 Å². The quantitative estimate of drug-likeness (QED) is 0.303. The molecule has 0 spiro atoms. The monoisotopic (exact) mass is 619 g/mol. The Kier molecular flexibility index (Phi) is 10.7. The summed E-state index contributed by atoms with van der Waals surface area (Å²) in [7, 11) is -1.91. The molecule has 2 fully saturated rings. The van der Waals surface area contributed by atoms with Crippen molar-refractivity contribution in [2.45, 2.75) is 62.1 Å². The van der Waals surface area contributed by atoms with Crippen LogP contribution in [0.2, 0.25) is 0 Å². The molecule has 2 atom stereocenters. The van der Waals surface area contributed by atoms with Crippen LogP contribution in [0.1, 0.15) is 54.8 Å². The molecule has 3 aromatic rings. The predicted octanol–water partition coefficient (Wildman–Crippen LogP) is 4.48. The van der Waals surface area contributed by atoms with Crippen molar-refractivity contribution in [2.24, 2.45) is 0 Å². The number of amides is 2. The summed E-state index contributed by atoms with van der Waals surface area (Å²) in [6, 6.07) is 22.7. The molecule has 2 amide bonds. The van der Waals surface area contributed by atoms with E-state index in [1.807, 2.05) is 54.6 Å². The van der Waals surface area contributed by atoms with E-state index in [9.17, 15) is 18.0 Å². The molecule has 1 N–H and O–H groups in total. The van der Waals surface area contributed by atoms with Gasteiger partial charge in [-0.3, -0.25) is 9.59 Å². The van der Waals surface area contributed by atoms with Crippen LogP contribution in [0.3, 0.4) is 0 Å². The van der Waals surface area contributed by atoms with E-state index in [-0.39, 0.29) is 35.8 Å². The number of nitrogens with one attached hydrogen (secondary N) is 1. The van der Waals surface area contributed by atoms with Crippen LogP contribution >= 0.6 is 0 Å². The average Bonchev–Trinajstić information content (AvgIpc) is 3.79. The third kappa shape index (κ3) is 7.85. The third-order valence-electron chi connectivity index (χ3n) is 8.29. The number of sulfonamides is 1. The Hall–Kier alpha value is -3.73. The lowest BCUT2D eigenvalue weighted by atomic mass is 10.0. The number of ether oxygens (including phenoxy) is 2. The number of rotatable bonds is 13. The van der Waals surface area contributed by atoms with Gasteiger partial charge in [0.2, 0.25) is 21.8 Å². The van der Waals surface area contributed by atoms with Crippen molar-refractivity contribution in [3.8, 4) is 5.75 Å². The molecular formula is C34H41N3O6S. The van der Waals surface area contributed by atoms with Crippen LogP contribution in [0.4, 0.5) is 0 Å². The summed E-state index contributed by atoms with van der Waals surface area (Å²) in [6.07, 6.45) is 4.14. The van der Waals surface area contributed by atoms with Gasteiger partial charge in [-0.1, -0.05) is 54.6 Å². The summed E-state index contributed by atoms with van der Waals surface area (Å²) in [5.41, 5.74) is 2.43. The molecule has 0 aliphatic carbocycles. The molecule has 0 unspecified atom stereocenters. The SMILES string of the molecule is COc1ccc(CN(C(=O)CCc2ccc(S(=O)(=O)N3CCCC3)cc2)[C@H](C(=O)NC[C@@H]2CCCO2)c2ccccc2)cc1. The Balaban J connectivity index is 1.36. The molecule has 2 aliphatic heterocycles. The minimum Gasteiger partial charge on any atom is -0.497 e. The highest BCUT2D eigenvalue weighted by Gasteiger charge is 2.32. The Labute approximate surface area is 260 Å². The number of benzene rings is 3. The molecule has 234 valence electrons. The number of hydrogen-bond donors (Lipinski definition) is 1. The molecule has 2 heterocycles. The molecule has 0 aromatic heterocycles. The van der Waals surface area contributed by atoms with Crippen LogP contribution in [-0.2, 0) is 37.3 Å². The van der Waals surface area contributed by atoms with Gasteiger partial charge < -0.3 is 19.7 Å². The largest absolute Gasteiger partial charge is 0.497 e. The first-order valence-electron chi connectivity index (χ1n) is 15.3. The van der Waals surface area contributed by atoms with Crippen LogP contribution in [-0.4, -0.2) is 68.9 Å². The zero-order valence-corrected chi connectivity index (χ0v) is 26.0. The van der Waals surface area contributed by atoms with Crippen molar-refractivity contribution in [1.29, 1.82) is 0 Å². The van der Waals surface area contributed by atoms with Gasteiger partial charge in [0.25, 0.3) is 0 Å². The Morgan fingerprint density at radius 3 is 2.27 bits per heavy atom. The molecule has 44 heavy (non-hydrogen) atoms. The van der Waals surface area contributed by atoms with Crippen LogP contribution in [0, 0.1) is 0 Å². The predicted molar refractivity (Wildman–Crippen MR) is 167 cm³/mol. The first-order chi connectivity index (χ1) is 21.3. The van der Waals surface area contributed by atoms with Crippen molar-refractivity contribution in [3.63, 3.8) is 0 Å². The van der Waals surface area contributed by atoms with E-state index in [2.05, 4.69) is 5.32 Å². The van der Waals surface area contributed by atoms with E-state index in [0.717, 1.165) is 42.4 Å². The van der Waals surface area contributed by atoms with Crippen LogP contribution in [0.5, 0.6) is 5.75 Å². The number of carbonyl (C=O) groups is 2. The van der Waals surface area contributed by atoms with Gasteiger partial charge in [-0.15, -0.1) is 0 Å². The maximum atomic E-state index is 14.0. The standard InChI is InChI=1S/C34H41N3O6S/c1-42-29-16-11-27(12-17-29)25-37(33(28-8-3-2-4-9-28)34(39)35-24-30-10-7-23-43-30)32(38)20-15-26-13-18-31(19-14-26)44(40,41)36-21-5-6-22-36/h2-4,8-9,11-14,16-19,30,33H,5-7,10,15,20-25H2,1H3,(H,35,39)/t30-,33-/m0/s1. The lowest BCUT2D eigenvalue weighted by Crippen LogP contribution is -2.45. The minimum atomic E-state index is -3.51. The van der Waals surface area contributed by atoms with Crippen molar-refractivity contribution < 1.29 is 27.5 Å². The summed E-state index contributed by atoms with van der Waals surface area (Å²) in [4.78, 5) is 29.7. The fourth-order valence-corrected chi connectivity index (χ4v) is 7.29. The number of aryl methyl sites for hydroxylation is 1. The highest BCUT2D eigenvalue weighted by atomic mass is 32.2. The fraction of sp³-hybridized carbons (Fsp3) is 0.412. The van der Waals surface area contributed by atoms with Gasteiger partial charge in [-0.2, -0.15) is 4.31 Å². The maximum Gasteiger partial charge on any atom is 0.247 e. The average molecular weight is 620 g/mol. The molecule has 5 rings (SSSR count). The summed E-state index contributed by atoms with van der Waals surface area (Å²) < 4.78 is 38.4. The van der Waals surface area contributed by atoms with E-state index in [1.165, 1.54) is 4.31 Å². The summed E-state index contributed by atoms with van der Waals surface area (Å²) in [6.45, 7) is 2.40. The van der Waals surface area contributed by atoms with Crippen LogP contribution in [0.15, 0.2) is 83.8 Å². The molecular weight excluding hydrogens is 578 g/mol. The summed E-state index contributed by atoms with van der Waals surface area (Å²) in [5, 5.41) is 3.04. The molecule has 0 saturated carbocycles. The van der Waals surface area contributed by atoms with Gasteiger partial charge in [-0.25, -0.2) is 8.42 Å². The zero-order chi connectivity index (χ0) is 30.9. The van der Waals surface area contributed by atoms with Gasteiger partial charge >= 0.3 is 0 Å².